The molecule has 3 heteroatoms. The Kier molecular flexibility index (Phi) is 6.25. The van der Waals surface area contributed by atoms with Crippen LogP contribution in [0.15, 0.2) is 103 Å². The highest BCUT2D eigenvalue weighted by atomic mass is 15.1. The van der Waals surface area contributed by atoms with E-state index in [-0.39, 0.29) is 0 Å². The van der Waals surface area contributed by atoms with E-state index < -0.39 is 0 Å². The first-order valence-corrected chi connectivity index (χ1v) is 13.6. The number of para-hydroxylation sites is 3. The Morgan fingerprint density at radius 2 is 1.23 bits per heavy atom. The molecule has 0 bridgehead atoms. The van der Waals surface area contributed by atoms with Gasteiger partial charge in [-0.2, -0.15) is 5.26 Å². The summed E-state index contributed by atoms with van der Waals surface area (Å²) in [4.78, 5) is 5.19. The van der Waals surface area contributed by atoms with Crippen LogP contribution in [0.5, 0.6) is 0 Å². The Balaban J connectivity index is 1.54. The number of rotatable bonds is 5. The second-order valence-corrected chi connectivity index (χ2v) is 10.8. The third-order valence-corrected chi connectivity index (χ3v) is 7.57. The van der Waals surface area contributed by atoms with Crippen LogP contribution in [0.25, 0.3) is 50.0 Å². The topological polar surface area (TPSA) is 41.6 Å². The van der Waals surface area contributed by atoms with E-state index in [0.717, 1.165) is 33.5 Å². The molecular formula is C36H31N3. The van der Waals surface area contributed by atoms with Crippen LogP contribution in [-0.4, -0.2) is 9.55 Å². The summed E-state index contributed by atoms with van der Waals surface area (Å²) >= 11 is 0. The number of hydrogen-bond donors (Lipinski definition) is 0. The minimum absolute atomic E-state index is 0.380. The summed E-state index contributed by atoms with van der Waals surface area (Å²) in [6.45, 7) is 9.07. The molecule has 6 rings (SSSR count). The number of fused-ring (bicyclic) bond motifs is 2. The molecule has 0 aliphatic heterocycles. The first-order chi connectivity index (χ1) is 18.9. The van der Waals surface area contributed by atoms with Crippen LogP contribution in [0.4, 0.5) is 0 Å². The van der Waals surface area contributed by atoms with Crippen molar-refractivity contribution in [3.05, 3.63) is 120 Å². The second-order valence-electron chi connectivity index (χ2n) is 10.8. The van der Waals surface area contributed by atoms with Crippen molar-refractivity contribution in [2.24, 2.45) is 0 Å². The van der Waals surface area contributed by atoms with E-state index >= 15 is 0 Å². The average molecular weight is 506 g/mol. The van der Waals surface area contributed by atoms with Crippen LogP contribution in [0.1, 0.15) is 56.2 Å². The van der Waals surface area contributed by atoms with Gasteiger partial charge in [-0.15, -0.1) is 0 Å². The molecule has 0 fully saturated rings. The van der Waals surface area contributed by atoms with Crippen LogP contribution in [0, 0.1) is 11.3 Å². The van der Waals surface area contributed by atoms with Gasteiger partial charge in [0.05, 0.1) is 28.4 Å². The standard InChI is InChI=1S/C36H31N3/c1-23(2)31-8-7-9-32(24(3)4)35(31)39-34-11-6-5-10-33(34)38-36(39)30-19-18-28-20-27(16-17-29(28)21-30)26-14-12-25(22-37)13-15-26/h5-21,23-24H,1-4H3. The fourth-order valence-electron chi connectivity index (χ4n) is 5.52. The molecule has 0 atom stereocenters. The van der Waals surface area contributed by atoms with Gasteiger partial charge in [-0.05, 0) is 81.3 Å². The molecule has 0 unspecified atom stereocenters. The first kappa shape index (κ1) is 24.6. The van der Waals surface area contributed by atoms with Crippen molar-refractivity contribution in [2.45, 2.75) is 39.5 Å². The van der Waals surface area contributed by atoms with Crippen LogP contribution in [-0.2, 0) is 0 Å². The smallest absolute Gasteiger partial charge is 0.145 e. The number of hydrogen-bond acceptors (Lipinski definition) is 2. The van der Waals surface area contributed by atoms with E-state index in [0.29, 0.717) is 17.4 Å². The molecule has 0 aliphatic rings. The van der Waals surface area contributed by atoms with Gasteiger partial charge < -0.3 is 0 Å². The van der Waals surface area contributed by atoms with Crippen molar-refractivity contribution in [3.63, 3.8) is 0 Å². The highest BCUT2D eigenvalue weighted by molar-refractivity contribution is 5.92. The molecule has 39 heavy (non-hydrogen) atoms. The molecule has 0 saturated heterocycles. The predicted octanol–water partition coefficient (Wildman–Crippen LogP) is 9.63. The summed E-state index contributed by atoms with van der Waals surface area (Å²) in [6, 6.07) is 38.3. The lowest BCUT2D eigenvalue weighted by atomic mass is 9.92. The lowest BCUT2D eigenvalue weighted by molar-refractivity contribution is 0.811. The lowest BCUT2D eigenvalue weighted by Gasteiger charge is -2.22. The molecule has 6 aromatic rings. The molecular weight excluding hydrogens is 474 g/mol. The van der Waals surface area contributed by atoms with Crippen molar-refractivity contribution in [3.8, 4) is 34.3 Å². The van der Waals surface area contributed by atoms with E-state index in [1.807, 2.05) is 24.3 Å². The van der Waals surface area contributed by atoms with Gasteiger partial charge in [0, 0.05) is 5.56 Å². The summed E-state index contributed by atoms with van der Waals surface area (Å²) < 4.78 is 2.38. The van der Waals surface area contributed by atoms with Gasteiger partial charge in [0.1, 0.15) is 5.82 Å². The Bertz CT molecular complexity index is 1840. The zero-order valence-corrected chi connectivity index (χ0v) is 22.8. The Labute approximate surface area is 230 Å². The van der Waals surface area contributed by atoms with Crippen molar-refractivity contribution >= 4 is 21.8 Å². The van der Waals surface area contributed by atoms with Gasteiger partial charge in [-0.1, -0.05) is 94.4 Å². The van der Waals surface area contributed by atoms with Crippen LogP contribution >= 0.6 is 0 Å². The Morgan fingerprint density at radius 1 is 0.641 bits per heavy atom. The molecule has 0 N–H and O–H groups in total. The summed E-state index contributed by atoms with van der Waals surface area (Å²) in [6.07, 6.45) is 0. The van der Waals surface area contributed by atoms with Crippen LogP contribution < -0.4 is 0 Å². The lowest BCUT2D eigenvalue weighted by Crippen LogP contribution is -2.08. The molecule has 0 amide bonds. The SMILES string of the molecule is CC(C)c1cccc(C(C)C)c1-n1c(-c2ccc3cc(-c4ccc(C#N)cc4)ccc3c2)nc2ccccc21. The van der Waals surface area contributed by atoms with Crippen LogP contribution in [0.2, 0.25) is 0 Å². The van der Waals surface area contributed by atoms with E-state index in [1.54, 1.807) is 0 Å². The van der Waals surface area contributed by atoms with E-state index in [2.05, 4.69) is 117 Å². The zero-order chi connectivity index (χ0) is 27.1. The normalized spacial score (nSPS) is 11.5. The number of nitrogens with zero attached hydrogens (tertiary/aromatic N) is 3. The first-order valence-electron chi connectivity index (χ1n) is 13.6. The average Bonchev–Trinajstić information content (AvgIpc) is 3.35. The van der Waals surface area contributed by atoms with Gasteiger partial charge >= 0.3 is 0 Å². The van der Waals surface area contributed by atoms with Crippen molar-refractivity contribution in [1.82, 2.24) is 9.55 Å². The van der Waals surface area contributed by atoms with E-state index in [4.69, 9.17) is 10.2 Å². The number of imidazole rings is 1. The highest BCUT2D eigenvalue weighted by Crippen LogP contribution is 2.38. The minimum Gasteiger partial charge on any atom is -0.292 e. The fourth-order valence-corrected chi connectivity index (χ4v) is 5.52. The molecule has 0 radical (unpaired) electrons. The summed E-state index contributed by atoms with van der Waals surface area (Å²) in [5, 5.41) is 11.5. The maximum atomic E-state index is 9.13. The van der Waals surface area contributed by atoms with E-state index in [1.165, 1.54) is 27.6 Å². The number of aromatic nitrogens is 2. The quantitative estimate of drug-likeness (QED) is 0.234. The maximum absolute atomic E-state index is 9.13. The number of benzene rings is 5. The number of nitriles is 1. The second kappa shape index (κ2) is 9.89. The summed E-state index contributed by atoms with van der Waals surface area (Å²) in [5.74, 6) is 1.72. The maximum Gasteiger partial charge on any atom is 0.145 e. The van der Waals surface area contributed by atoms with Gasteiger partial charge in [-0.25, -0.2) is 4.98 Å². The van der Waals surface area contributed by atoms with Gasteiger partial charge in [-0.3, -0.25) is 4.57 Å². The monoisotopic (exact) mass is 505 g/mol. The largest absolute Gasteiger partial charge is 0.292 e. The molecule has 0 aliphatic carbocycles. The molecule has 190 valence electrons. The van der Waals surface area contributed by atoms with Crippen molar-refractivity contribution in [1.29, 1.82) is 5.26 Å². The third kappa shape index (κ3) is 4.39. The molecule has 0 spiro atoms. The minimum atomic E-state index is 0.380. The third-order valence-electron chi connectivity index (χ3n) is 7.57. The van der Waals surface area contributed by atoms with Gasteiger partial charge in [0.15, 0.2) is 0 Å². The van der Waals surface area contributed by atoms with Gasteiger partial charge in [0.2, 0.25) is 0 Å². The molecule has 3 nitrogen and oxygen atoms in total. The molecule has 1 aromatic heterocycles. The van der Waals surface area contributed by atoms with Gasteiger partial charge in [0.25, 0.3) is 0 Å². The van der Waals surface area contributed by atoms with Crippen molar-refractivity contribution in [2.75, 3.05) is 0 Å². The Morgan fingerprint density at radius 3 is 1.87 bits per heavy atom. The summed E-state index contributed by atoms with van der Waals surface area (Å²) in [7, 11) is 0. The van der Waals surface area contributed by atoms with Crippen molar-refractivity contribution < 1.29 is 0 Å². The summed E-state index contributed by atoms with van der Waals surface area (Å²) in [5.41, 5.74) is 10.0. The molecule has 0 saturated carbocycles. The Hall–Kier alpha value is -4.68. The fraction of sp³-hybridized carbons (Fsp3) is 0.167. The molecule has 1 heterocycles. The molecule has 5 aromatic carbocycles. The zero-order valence-electron chi connectivity index (χ0n) is 22.8. The van der Waals surface area contributed by atoms with Crippen LogP contribution in [0.3, 0.4) is 0 Å². The predicted molar refractivity (Wildman–Crippen MR) is 162 cm³/mol. The van der Waals surface area contributed by atoms with E-state index in [9.17, 15) is 0 Å². The highest BCUT2D eigenvalue weighted by Gasteiger charge is 2.22.